The standard InChI is InChI=1S/C13H10N2O/c16-12-6-2-1-5-10(12)11-9-15-8-4-3-7-13(15)14-11/h1-9,16H/p-1. The van der Waals surface area contributed by atoms with Gasteiger partial charge in [-0.25, -0.2) is 4.98 Å². The zero-order valence-electron chi connectivity index (χ0n) is 8.50. The molecule has 0 saturated heterocycles. The minimum absolute atomic E-state index is 0.00547. The monoisotopic (exact) mass is 209 g/mol. The van der Waals surface area contributed by atoms with Crippen LogP contribution in [0.3, 0.4) is 0 Å². The summed E-state index contributed by atoms with van der Waals surface area (Å²) in [5.74, 6) is 0.00547. The van der Waals surface area contributed by atoms with Gasteiger partial charge >= 0.3 is 0 Å². The quantitative estimate of drug-likeness (QED) is 0.615. The summed E-state index contributed by atoms with van der Waals surface area (Å²) in [6.45, 7) is 0. The lowest BCUT2D eigenvalue weighted by Crippen LogP contribution is -1.92. The molecule has 0 aliphatic heterocycles. The van der Waals surface area contributed by atoms with Crippen LogP contribution in [0.4, 0.5) is 0 Å². The summed E-state index contributed by atoms with van der Waals surface area (Å²) in [5, 5.41) is 11.6. The Labute approximate surface area is 92.6 Å². The molecule has 0 radical (unpaired) electrons. The molecule has 0 amide bonds. The number of nitrogens with zero attached hydrogens (tertiary/aromatic N) is 2. The van der Waals surface area contributed by atoms with E-state index >= 15 is 0 Å². The van der Waals surface area contributed by atoms with Crippen LogP contribution in [-0.2, 0) is 0 Å². The Bertz CT molecular complexity index is 610. The molecule has 3 aromatic rings. The number of hydrogen-bond donors (Lipinski definition) is 0. The predicted molar refractivity (Wildman–Crippen MR) is 60.1 cm³/mol. The summed E-state index contributed by atoms with van der Waals surface area (Å²) in [4.78, 5) is 4.41. The van der Waals surface area contributed by atoms with Crippen molar-refractivity contribution in [2.45, 2.75) is 0 Å². The van der Waals surface area contributed by atoms with Crippen LogP contribution >= 0.6 is 0 Å². The summed E-state index contributed by atoms with van der Waals surface area (Å²) in [6, 6.07) is 12.7. The van der Waals surface area contributed by atoms with E-state index in [1.165, 1.54) is 0 Å². The van der Waals surface area contributed by atoms with Gasteiger partial charge in [-0.05, 0) is 17.7 Å². The average Bonchev–Trinajstić information content (AvgIpc) is 2.73. The Morgan fingerprint density at radius 3 is 2.62 bits per heavy atom. The molecule has 0 atom stereocenters. The second-order valence-electron chi connectivity index (χ2n) is 3.59. The van der Waals surface area contributed by atoms with Crippen molar-refractivity contribution in [3.8, 4) is 17.0 Å². The number of imidazole rings is 1. The maximum atomic E-state index is 11.6. The first-order chi connectivity index (χ1) is 7.84. The molecule has 0 aliphatic carbocycles. The Hall–Kier alpha value is -2.29. The van der Waals surface area contributed by atoms with Gasteiger partial charge in [0.15, 0.2) is 0 Å². The fourth-order valence-electron chi connectivity index (χ4n) is 1.74. The van der Waals surface area contributed by atoms with Crippen molar-refractivity contribution in [3.05, 3.63) is 54.9 Å². The van der Waals surface area contributed by atoms with Gasteiger partial charge in [-0.2, -0.15) is 0 Å². The number of aromatic nitrogens is 2. The number of fused-ring (bicyclic) bond motifs is 1. The minimum atomic E-state index is 0.00547. The SMILES string of the molecule is [O-]c1ccccc1-c1cn2ccccc2n1. The van der Waals surface area contributed by atoms with Crippen molar-refractivity contribution in [3.63, 3.8) is 0 Å². The van der Waals surface area contributed by atoms with E-state index < -0.39 is 0 Å². The Balaban J connectivity index is 2.23. The van der Waals surface area contributed by atoms with Crippen LogP contribution in [0.5, 0.6) is 5.75 Å². The van der Waals surface area contributed by atoms with Crippen molar-refractivity contribution < 1.29 is 5.11 Å². The van der Waals surface area contributed by atoms with E-state index in [0.717, 1.165) is 11.3 Å². The lowest BCUT2D eigenvalue weighted by molar-refractivity contribution is -0.267. The van der Waals surface area contributed by atoms with Crippen LogP contribution in [0.25, 0.3) is 16.9 Å². The molecule has 0 unspecified atom stereocenters. The first-order valence-electron chi connectivity index (χ1n) is 5.05. The van der Waals surface area contributed by atoms with Gasteiger partial charge in [0.25, 0.3) is 0 Å². The van der Waals surface area contributed by atoms with Gasteiger partial charge in [-0.1, -0.05) is 36.1 Å². The van der Waals surface area contributed by atoms with E-state index in [-0.39, 0.29) is 5.75 Å². The molecule has 3 nitrogen and oxygen atoms in total. The fourth-order valence-corrected chi connectivity index (χ4v) is 1.74. The average molecular weight is 209 g/mol. The normalized spacial score (nSPS) is 10.8. The Morgan fingerprint density at radius 2 is 1.81 bits per heavy atom. The first-order valence-corrected chi connectivity index (χ1v) is 5.05. The highest BCUT2D eigenvalue weighted by atomic mass is 16.3. The molecule has 16 heavy (non-hydrogen) atoms. The van der Waals surface area contributed by atoms with E-state index in [1.54, 1.807) is 18.2 Å². The number of hydrogen-bond acceptors (Lipinski definition) is 2. The third-order valence-corrected chi connectivity index (χ3v) is 2.53. The molecule has 0 N–H and O–H groups in total. The molecule has 78 valence electrons. The smallest absolute Gasteiger partial charge is 0.137 e. The van der Waals surface area contributed by atoms with E-state index in [9.17, 15) is 5.11 Å². The van der Waals surface area contributed by atoms with Crippen LogP contribution in [-0.4, -0.2) is 9.38 Å². The second kappa shape index (κ2) is 3.38. The van der Waals surface area contributed by atoms with E-state index in [1.807, 2.05) is 41.1 Å². The molecule has 0 saturated carbocycles. The Kier molecular flexibility index (Phi) is 1.90. The van der Waals surface area contributed by atoms with Gasteiger partial charge in [-0.15, -0.1) is 0 Å². The number of para-hydroxylation sites is 1. The lowest BCUT2D eigenvalue weighted by atomic mass is 10.1. The summed E-state index contributed by atoms with van der Waals surface area (Å²) >= 11 is 0. The maximum absolute atomic E-state index is 11.6. The number of pyridine rings is 1. The molecule has 0 bridgehead atoms. The summed E-state index contributed by atoms with van der Waals surface area (Å²) in [6.07, 6.45) is 3.78. The van der Waals surface area contributed by atoms with Crippen LogP contribution in [0.15, 0.2) is 54.9 Å². The first kappa shape index (κ1) is 8.97. The molecule has 0 fully saturated rings. The van der Waals surface area contributed by atoms with Gasteiger partial charge < -0.3 is 9.51 Å². The molecule has 0 spiro atoms. The highest BCUT2D eigenvalue weighted by Gasteiger charge is 2.03. The molecule has 0 aliphatic rings. The highest BCUT2D eigenvalue weighted by molar-refractivity contribution is 5.68. The molecular formula is C13H9N2O-. The fraction of sp³-hybridized carbons (Fsp3) is 0. The zero-order valence-corrected chi connectivity index (χ0v) is 8.50. The summed E-state index contributed by atoms with van der Waals surface area (Å²) in [5.41, 5.74) is 2.21. The maximum Gasteiger partial charge on any atom is 0.137 e. The predicted octanol–water partition coefficient (Wildman–Crippen LogP) is 2.07. The van der Waals surface area contributed by atoms with Crippen molar-refractivity contribution in [2.75, 3.05) is 0 Å². The van der Waals surface area contributed by atoms with Gasteiger partial charge in [0.1, 0.15) is 5.65 Å². The third-order valence-electron chi connectivity index (χ3n) is 2.53. The van der Waals surface area contributed by atoms with Gasteiger partial charge in [0.2, 0.25) is 0 Å². The molecular weight excluding hydrogens is 200 g/mol. The van der Waals surface area contributed by atoms with Crippen molar-refractivity contribution >= 4 is 5.65 Å². The second-order valence-corrected chi connectivity index (χ2v) is 3.59. The lowest BCUT2D eigenvalue weighted by Gasteiger charge is -2.09. The zero-order chi connectivity index (χ0) is 11.0. The number of benzene rings is 1. The van der Waals surface area contributed by atoms with Gasteiger partial charge in [0, 0.05) is 12.4 Å². The van der Waals surface area contributed by atoms with E-state index in [4.69, 9.17) is 0 Å². The highest BCUT2D eigenvalue weighted by Crippen LogP contribution is 2.25. The van der Waals surface area contributed by atoms with Gasteiger partial charge in [-0.3, -0.25) is 0 Å². The molecule has 1 aromatic carbocycles. The number of rotatable bonds is 1. The molecule has 3 heteroatoms. The van der Waals surface area contributed by atoms with E-state index in [2.05, 4.69) is 4.98 Å². The van der Waals surface area contributed by atoms with Crippen molar-refractivity contribution in [2.24, 2.45) is 0 Å². The topological polar surface area (TPSA) is 40.4 Å². The van der Waals surface area contributed by atoms with Crippen LogP contribution in [0, 0.1) is 0 Å². The van der Waals surface area contributed by atoms with Crippen molar-refractivity contribution in [1.29, 1.82) is 0 Å². The molecule has 2 heterocycles. The molecule has 3 rings (SSSR count). The summed E-state index contributed by atoms with van der Waals surface area (Å²) in [7, 11) is 0. The minimum Gasteiger partial charge on any atom is -0.872 e. The van der Waals surface area contributed by atoms with Crippen LogP contribution in [0.1, 0.15) is 0 Å². The van der Waals surface area contributed by atoms with Crippen LogP contribution in [0.2, 0.25) is 0 Å². The largest absolute Gasteiger partial charge is 0.872 e. The Morgan fingerprint density at radius 1 is 1.00 bits per heavy atom. The molecule has 2 aromatic heterocycles. The van der Waals surface area contributed by atoms with Gasteiger partial charge in [0.05, 0.1) is 5.69 Å². The summed E-state index contributed by atoms with van der Waals surface area (Å²) < 4.78 is 1.90. The van der Waals surface area contributed by atoms with Crippen molar-refractivity contribution in [1.82, 2.24) is 9.38 Å². The van der Waals surface area contributed by atoms with Crippen LogP contribution < -0.4 is 5.11 Å². The third kappa shape index (κ3) is 1.34. The van der Waals surface area contributed by atoms with E-state index in [0.29, 0.717) is 5.56 Å².